The van der Waals surface area contributed by atoms with Crippen molar-refractivity contribution in [3.63, 3.8) is 0 Å². The Morgan fingerprint density at radius 3 is 2.82 bits per heavy atom. The summed E-state index contributed by atoms with van der Waals surface area (Å²) in [6, 6.07) is 9.44. The van der Waals surface area contributed by atoms with E-state index in [0.29, 0.717) is 22.3 Å². The molecule has 3 nitrogen and oxygen atoms in total. The first-order valence-electron chi connectivity index (χ1n) is 5.29. The monoisotopic (exact) mass is 293 g/mol. The molecule has 0 saturated carbocycles. The molecule has 0 spiro atoms. The molecule has 0 bridgehead atoms. The number of nitrogen functional groups attached to an aromatic ring is 1. The lowest BCUT2D eigenvalue weighted by Gasteiger charge is -2.10. The number of rotatable bonds is 2. The van der Waals surface area contributed by atoms with E-state index in [-0.39, 0.29) is 5.97 Å². The molecule has 0 fully saturated rings. The van der Waals surface area contributed by atoms with Gasteiger partial charge >= 0.3 is 5.97 Å². The number of halogens is 1. The topological polar surface area (TPSA) is 52.3 Å². The van der Waals surface area contributed by atoms with Crippen LogP contribution in [0.2, 0.25) is 0 Å². The van der Waals surface area contributed by atoms with Gasteiger partial charge in [-0.25, -0.2) is 4.79 Å². The lowest BCUT2D eigenvalue weighted by Crippen LogP contribution is -2.07. The van der Waals surface area contributed by atoms with Gasteiger partial charge in [-0.1, -0.05) is 24.3 Å². The molecule has 88 valence electrons. The second-order valence-corrected chi connectivity index (χ2v) is 4.39. The largest absolute Gasteiger partial charge is 0.462 e. The molecule has 0 aliphatic heterocycles. The molecule has 0 heterocycles. The third-order valence-electron chi connectivity index (χ3n) is 2.52. The quantitative estimate of drug-likeness (QED) is 0.682. The van der Waals surface area contributed by atoms with Crippen LogP contribution < -0.4 is 5.73 Å². The Morgan fingerprint density at radius 2 is 2.12 bits per heavy atom. The van der Waals surface area contributed by atoms with Gasteiger partial charge < -0.3 is 10.5 Å². The number of esters is 1. The van der Waals surface area contributed by atoms with Gasteiger partial charge in [0.05, 0.1) is 22.3 Å². The van der Waals surface area contributed by atoms with Crippen molar-refractivity contribution in [2.75, 3.05) is 12.3 Å². The lowest BCUT2D eigenvalue weighted by atomic mass is 10.1. The smallest absolute Gasteiger partial charge is 0.339 e. The van der Waals surface area contributed by atoms with E-state index in [1.54, 1.807) is 13.0 Å². The predicted molar refractivity (Wildman–Crippen MR) is 72.0 cm³/mol. The van der Waals surface area contributed by atoms with E-state index in [9.17, 15) is 4.79 Å². The molecule has 0 amide bonds. The highest BCUT2D eigenvalue weighted by molar-refractivity contribution is 9.10. The van der Waals surface area contributed by atoms with Crippen LogP contribution >= 0.6 is 15.9 Å². The highest BCUT2D eigenvalue weighted by atomic mass is 79.9. The van der Waals surface area contributed by atoms with E-state index >= 15 is 0 Å². The maximum atomic E-state index is 11.8. The molecule has 0 aliphatic carbocycles. The Bertz CT molecular complexity index is 581. The summed E-state index contributed by atoms with van der Waals surface area (Å²) in [6.07, 6.45) is 0. The standard InChI is InChI=1S/C13H12BrNO2/c1-2-17-13(16)10-7-8-5-3-4-6-9(8)12(15)11(10)14/h3-7H,2,15H2,1H3. The summed E-state index contributed by atoms with van der Waals surface area (Å²) < 4.78 is 5.58. The Balaban J connectivity index is 2.65. The first kappa shape index (κ1) is 11.9. The normalized spacial score (nSPS) is 10.5. The Kier molecular flexibility index (Phi) is 3.33. The van der Waals surface area contributed by atoms with Gasteiger partial charge in [0.15, 0.2) is 0 Å². The average Bonchev–Trinajstić information content (AvgIpc) is 2.34. The average molecular weight is 294 g/mol. The fourth-order valence-corrected chi connectivity index (χ4v) is 2.20. The molecule has 2 aromatic carbocycles. The summed E-state index contributed by atoms with van der Waals surface area (Å²) in [5.74, 6) is -0.364. The van der Waals surface area contributed by atoms with Gasteiger partial charge in [-0.3, -0.25) is 0 Å². The molecule has 0 saturated heterocycles. The van der Waals surface area contributed by atoms with Crippen LogP contribution in [0.25, 0.3) is 10.8 Å². The van der Waals surface area contributed by atoms with Gasteiger partial charge in [0.1, 0.15) is 0 Å². The van der Waals surface area contributed by atoms with E-state index in [2.05, 4.69) is 15.9 Å². The molecule has 0 atom stereocenters. The van der Waals surface area contributed by atoms with Crippen molar-refractivity contribution in [2.24, 2.45) is 0 Å². The SMILES string of the molecule is CCOC(=O)c1cc2ccccc2c(N)c1Br. The molecule has 2 aromatic rings. The third-order valence-corrected chi connectivity index (χ3v) is 3.37. The molecule has 0 unspecified atom stereocenters. The summed E-state index contributed by atoms with van der Waals surface area (Å²) >= 11 is 3.35. The van der Waals surface area contributed by atoms with Crippen LogP contribution in [0.5, 0.6) is 0 Å². The number of fused-ring (bicyclic) bond motifs is 1. The van der Waals surface area contributed by atoms with Crippen molar-refractivity contribution < 1.29 is 9.53 Å². The second kappa shape index (κ2) is 4.75. The maximum absolute atomic E-state index is 11.8. The van der Waals surface area contributed by atoms with Crippen molar-refractivity contribution in [1.29, 1.82) is 0 Å². The number of ether oxygens (including phenoxy) is 1. The van der Waals surface area contributed by atoms with E-state index in [4.69, 9.17) is 10.5 Å². The summed E-state index contributed by atoms with van der Waals surface area (Å²) in [6.45, 7) is 2.12. The Hall–Kier alpha value is -1.55. The zero-order valence-corrected chi connectivity index (χ0v) is 11.0. The van der Waals surface area contributed by atoms with Crippen LogP contribution in [0, 0.1) is 0 Å². The van der Waals surface area contributed by atoms with Gasteiger partial charge in [-0.05, 0) is 34.3 Å². The van der Waals surface area contributed by atoms with Crippen LogP contribution in [0.4, 0.5) is 5.69 Å². The molecule has 4 heteroatoms. The molecule has 0 aromatic heterocycles. The highest BCUT2D eigenvalue weighted by Crippen LogP contribution is 2.32. The highest BCUT2D eigenvalue weighted by Gasteiger charge is 2.15. The van der Waals surface area contributed by atoms with Gasteiger partial charge in [0.2, 0.25) is 0 Å². The lowest BCUT2D eigenvalue weighted by molar-refractivity contribution is 0.0525. The van der Waals surface area contributed by atoms with Gasteiger partial charge in [0.25, 0.3) is 0 Å². The van der Waals surface area contributed by atoms with Crippen molar-refractivity contribution >= 4 is 38.4 Å². The van der Waals surface area contributed by atoms with Crippen molar-refractivity contribution in [3.8, 4) is 0 Å². The fourth-order valence-electron chi connectivity index (χ4n) is 1.71. The molecule has 0 aliphatic rings. The number of carbonyl (C=O) groups excluding carboxylic acids is 1. The number of carbonyl (C=O) groups is 1. The number of benzene rings is 2. The molecular formula is C13H12BrNO2. The van der Waals surface area contributed by atoms with Crippen LogP contribution in [-0.2, 0) is 4.74 Å². The van der Waals surface area contributed by atoms with Gasteiger partial charge in [-0.15, -0.1) is 0 Å². The molecule has 0 radical (unpaired) electrons. The molecule has 17 heavy (non-hydrogen) atoms. The summed E-state index contributed by atoms with van der Waals surface area (Å²) in [4.78, 5) is 11.8. The zero-order chi connectivity index (χ0) is 12.4. The van der Waals surface area contributed by atoms with Crippen LogP contribution in [-0.4, -0.2) is 12.6 Å². The van der Waals surface area contributed by atoms with Crippen LogP contribution in [0.15, 0.2) is 34.8 Å². The maximum Gasteiger partial charge on any atom is 0.339 e. The van der Waals surface area contributed by atoms with E-state index < -0.39 is 0 Å². The Morgan fingerprint density at radius 1 is 1.41 bits per heavy atom. The zero-order valence-electron chi connectivity index (χ0n) is 9.37. The summed E-state index contributed by atoms with van der Waals surface area (Å²) in [5, 5.41) is 1.85. The van der Waals surface area contributed by atoms with Crippen molar-refractivity contribution in [1.82, 2.24) is 0 Å². The molecule has 2 rings (SSSR count). The van der Waals surface area contributed by atoms with E-state index in [1.165, 1.54) is 0 Å². The number of nitrogens with two attached hydrogens (primary N) is 1. The first-order chi connectivity index (χ1) is 8.15. The van der Waals surface area contributed by atoms with Crippen molar-refractivity contribution in [2.45, 2.75) is 6.92 Å². The van der Waals surface area contributed by atoms with E-state index in [1.807, 2.05) is 24.3 Å². The minimum atomic E-state index is -0.364. The Labute approximate surface area is 108 Å². The number of hydrogen-bond acceptors (Lipinski definition) is 3. The molecule has 2 N–H and O–H groups in total. The minimum Gasteiger partial charge on any atom is -0.462 e. The fraction of sp³-hybridized carbons (Fsp3) is 0.154. The summed E-state index contributed by atoms with van der Waals surface area (Å²) in [5.41, 5.74) is 7.02. The first-order valence-corrected chi connectivity index (χ1v) is 6.08. The van der Waals surface area contributed by atoms with Crippen LogP contribution in [0.1, 0.15) is 17.3 Å². The van der Waals surface area contributed by atoms with Gasteiger partial charge in [0, 0.05) is 5.39 Å². The number of anilines is 1. The number of hydrogen-bond donors (Lipinski definition) is 1. The predicted octanol–water partition coefficient (Wildman–Crippen LogP) is 3.36. The van der Waals surface area contributed by atoms with E-state index in [0.717, 1.165) is 10.8 Å². The van der Waals surface area contributed by atoms with Crippen LogP contribution in [0.3, 0.4) is 0 Å². The molecular weight excluding hydrogens is 282 g/mol. The minimum absolute atomic E-state index is 0.345. The second-order valence-electron chi connectivity index (χ2n) is 3.59. The van der Waals surface area contributed by atoms with Crippen molar-refractivity contribution in [3.05, 3.63) is 40.4 Å². The third kappa shape index (κ3) is 2.13. The summed E-state index contributed by atoms with van der Waals surface area (Å²) in [7, 11) is 0. The van der Waals surface area contributed by atoms with Gasteiger partial charge in [-0.2, -0.15) is 0 Å².